The molecule has 0 saturated heterocycles. The zero-order chi connectivity index (χ0) is 9.40. The van der Waals surface area contributed by atoms with Crippen molar-refractivity contribution in [2.45, 2.75) is 20.0 Å². The van der Waals surface area contributed by atoms with Gasteiger partial charge in [0.1, 0.15) is 0 Å². The van der Waals surface area contributed by atoms with Crippen LogP contribution in [0.2, 0.25) is 0 Å². The summed E-state index contributed by atoms with van der Waals surface area (Å²) in [6.45, 7) is 4.67. The van der Waals surface area contributed by atoms with E-state index in [2.05, 4.69) is 0 Å². The van der Waals surface area contributed by atoms with E-state index in [-0.39, 0.29) is 12.6 Å². The molecule has 0 spiro atoms. The molecule has 4 nitrogen and oxygen atoms in total. The minimum absolute atomic E-state index is 0.243. The molecule has 0 fully saturated rings. The highest BCUT2D eigenvalue weighted by molar-refractivity contribution is 5.74. The van der Waals surface area contributed by atoms with Crippen LogP contribution in [0, 0.1) is 0 Å². The van der Waals surface area contributed by atoms with Gasteiger partial charge in [0.15, 0.2) is 6.10 Å². The van der Waals surface area contributed by atoms with Crippen molar-refractivity contribution in [1.82, 2.24) is 0 Å². The van der Waals surface area contributed by atoms with Crippen molar-refractivity contribution < 1.29 is 19.0 Å². The predicted octanol–water partition coefficient (Wildman–Crippen LogP) is 0.601. The second-order valence-electron chi connectivity index (χ2n) is 2.15. The summed E-state index contributed by atoms with van der Waals surface area (Å²) in [6.07, 6.45) is -0.583. The summed E-state index contributed by atoms with van der Waals surface area (Å²) in [5.41, 5.74) is 0. The fourth-order valence-electron chi connectivity index (χ4n) is 0.772. The minimum Gasteiger partial charge on any atom is -0.464 e. The van der Waals surface area contributed by atoms with Crippen LogP contribution in [0.3, 0.4) is 0 Å². The van der Waals surface area contributed by atoms with Crippen molar-refractivity contribution in [3.63, 3.8) is 0 Å². The van der Waals surface area contributed by atoms with Crippen molar-refractivity contribution in [2.75, 3.05) is 26.9 Å². The van der Waals surface area contributed by atoms with Crippen LogP contribution in [0.15, 0.2) is 0 Å². The monoisotopic (exact) mass is 176 g/mol. The van der Waals surface area contributed by atoms with Gasteiger partial charge in [-0.25, -0.2) is 4.79 Å². The van der Waals surface area contributed by atoms with Gasteiger partial charge in [0.25, 0.3) is 0 Å². The molecule has 12 heavy (non-hydrogen) atoms. The van der Waals surface area contributed by atoms with Gasteiger partial charge in [0, 0.05) is 13.7 Å². The molecule has 0 aromatic rings. The molecule has 0 bridgehead atoms. The average molecular weight is 176 g/mol. The lowest BCUT2D eigenvalue weighted by atomic mass is 10.4. The maximum absolute atomic E-state index is 11.1. The molecule has 0 aliphatic carbocycles. The second kappa shape index (κ2) is 7.06. The summed E-state index contributed by atoms with van der Waals surface area (Å²) in [5.74, 6) is -0.360. The lowest BCUT2D eigenvalue weighted by Crippen LogP contribution is -2.30. The van der Waals surface area contributed by atoms with E-state index in [0.29, 0.717) is 13.2 Å². The van der Waals surface area contributed by atoms with E-state index in [0.717, 1.165) is 0 Å². The van der Waals surface area contributed by atoms with Gasteiger partial charge in [-0.1, -0.05) is 0 Å². The molecule has 0 aliphatic heterocycles. The molecule has 0 radical (unpaired) electrons. The lowest BCUT2D eigenvalue weighted by Gasteiger charge is -2.13. The number of carbonyl (C=O) groups is 1. The molecule has 0 saturated carbocycles. The number of hydrogen-bond donors (Lipinski definition) is 0. The standard InChI is InChI=1S/C8H16O4/c1-4-11-7(6-10-3)8(9)12-5-2/h7H,4-6H2,1-3H3. The lowest BCUT2D eigenvalue weighted by molar-refractivity contribution is -0.159. The number of esters is 1. The van der Waals surface area contributed by atoms with E-state index >= 15 is 0 Å². The molecule has 0 N–H and O–H groups in total. The molecule has 4 heteroatoms. The van der Waals surface area contributed by atoms with Crippen LogP contribution in [-0.4, -0.2) is 39.0 Å². The number of rotatable bonds is 6. The molecule has 0 aromatic heterocycles. The third kappa shape index (κ3) is 4.31. The van der Waals surface area contributed by atoms with Gasteiger partial charge < -0.3 is 14.2 Å². The Kier molecular flexibility index (Phi) is 6.70. The normalized spacial score (nSPS) is 12.6. The Balaban J connectivity index is 3.81. The van der Waals surface area contributed by atoms with Crippen LogP contribution in [0.25, 0.3) is 0 Å². The van der Waals surface area contributed by atoms with Crippen LogP contribution in [0.1, 0.15) is 13.8 Å². The molecule has 0 rings (SSSR count). The predicted molar refractivity (Wildman–Crippen MR) is 43.9 cm³/mol. The zero-order valence-corrected chi connectivity index (χ0v) is 7.83. The molecule has 0 aromatic carbocycles. The molecule has 1 unspecified atom stereocenters. The number of hydrogen-bond acceptors (Lipinski definition) is 4. The summed E-state index contributed by atoms with van der Waals surface area (Å²) in [5, 5.41) is 0. The minimum atomic E-state index is -0.583. The van der Waals surface area contributed by atoms with Crippen LogP contribution < -0.4 is 0 Å². The molecular weight excluding hydrogens is 160 g/mol. The summed E-state index contributed by atoms with van der Waals surface area (Å²) in [6, 6.07) is 0. The maximum atomic E-state index is 11.1. The molecule has 1 atom stereocenters. The molecular formula is C8H16O4. The van der Waals surface area contributed by atoms with Gasteiger partial charge in [0.05, 0.1) is 13.2 Å². The molecule has 0 heterocycles. The Labute approximate surface area is 72.8 Å². The first-order chi connectivity index (χ1) is 5.76. The quantitative estimate of drug-likeness (QED) is 0.556. The largest absolute Gasteiger partial charge is 0.464 e. The van der Waals surface area contributed by atoms with Crippen LogP contribution >= 0.6 is 0 Å². The number of carbonyl (C=O) groups excluding carboxylic acids is 1. The smallest absolute Gasteiger partial charge is 0.337 e. The Morgan fingerprint density at radius 2 is 2.00 bits per heavy atom. The number of ether oxygens (including phenoxy) is 3. The van der Waals surface area contributed by atoms with E-state index in [1.807, 2.05) is 6.92 Å². The first kappa shape index (κ1) is 11.4. The third-order valence-electron chi connectivity index (χ3n) is 1.24. The summed E-state index contributed by atoms with van der Waals surface area (Å²) in [7, 11) is 1.52. The molecule has 0 amide bonds. The Morgan fingerprint density at radius 3 is 2.42 bits per heavy atom. The summed E-state index contributed by atoms with van der Waals surface area (Å²) in [4.78, 5) is 11.1. The van der Waals surface area contributed by atoms with E-state index in [9.17, 15) is 4.79 Å². The molecule has 72 valence electrons. The first-order valence-corrected chi connectivity index (χ1v) is 4.03. The van der Waals surface area contributed by atoms with E-state index in [1.165, 1.54) is 7.11 Å². The van der Waals surface area contributed by atoms with Gasteiger partial charge >= 0.3 is 5.97 Å². The Morgan fingerprint density at radius 1 is 1.33 bits per heavy atom. The maximum Gasteiger partial charge on any atom is 0.337 e. The van der Waals surface area contributed by atoms with Gasteiger partial charge in [-0.2, -0.15) is 0 Å². The third-order valence-corrected chi connectivity index (χ3v) is 1.24. The Hall–Kier alpha value is -0.610. The topological polar surface area (TPSA) is 44.8 Å². The second-order valence-corrected chi connectivity index (χ2v) is 2.15. The van der Waals surface area contributed by atoms with Crippen molar-refractivity contribution in [1.29, 1.82) is 0 Å². The Bertz CT molecular complexity index is 118. The van der Waals surface area contributed by atoms with Crippen molar-refractivity contribution in [3.05, 3.63) is 0 Å². The SMILES string of the molecule is CCOC(=O)C(COC)OCC. The van der Waals surface area contributed by atoms with Crippen molar-refractivity contribution in [2.24, 2.45) is 0 Å². The highest BCUT2D eigenvalue weighted by Gasteiger charge is 2.19. The van der Waals surface area contributed by atoms with Gasteiger partial charge in [0.2, 0.25) is 0 Å². The summed E-state index contributed by atoms with van der Waals surface area (Å²) >= 11 is 0. The fourth-order valence-corrected chi connectivity index (χ4v) is 0.772. The van der Waals surface area contributed by atoms with Crippen LogP contribution in [0.5, 0.6) is 0 Å². The van der Waals surface area contributed by atoms with Gasteiger partial charge in [-0.3, -0.25) is 0 Å². The average Bonchev–Trinajstić information content (AvgIpc) is 2.04. The zero-order valence-electron chi connectivity index (χ0n) is 7.83. The highest BCUT2D eigenvalue weighted by atomic mass is 16.6. The van der Waals surface area contributed by atoms with Crippen molar-refractivity contribution >= 4 is 5.97 Å². The highest BCUT2D eigenvalue weighted by Crippen LogP contribution is 1.96. The van der Waals surface area contributed by atoms with Crippen LogP contribution in [0.4, 0.5) is 0 Å². The van der Waals surface area contributed by atoms with E-state index in [4.69, 9.17) is 14.2 Å². The fraction of sp³-hybridized carbons (Fsp3) is 0.875. The van der Waals surface area contributed by atoms with E-state index in [1.54, 1.807) is 6.92 Å². The van der Waals surface area contributed by atoms with Gasteiger partial charge in [-0.15, -0.1) is 0 Å². The summed E-state index contributed by atoms with van der Waals surface area (Å²) < 4.78 is 14.7. The number of methoxy groups -OCH3 is 1. The first-order valence-electron chi connectivity index (χ1n) is 4.03. The van der Waals surface area contributed by atoms with Gasteiger partial charge in [-0.05, 0) is 13.8 Å². The molecule has 0 aliphatic rings. The van der Waals surface area contributed by atoms with E-state index < -0.39 is 6.10 Å². The van der Waals surface area contributed by atoms with Crippen LogP contribution in [-0.2, 0) is 19.0 Å². The van der Waals surface area contributed by atoms with Crippen molar-refractivity contribution in [3.8, 4) is 0 Å².